The summed E-state index contributed by atoms with van der Waals surface area (Å²) < 4.78 is 44.8. The zero-order chi connectivity index (χ0) is 13.6. The Kier molecular flexibility index (Phi) is 5.43. The minimum Gasteiger partial charge on any atom is -0.406 e. The standard InChI is InChI=1S/C12H16F3NO2/c1-3-16-11(8-17-2)9-4-6-10(7-5-9)18-12(13,14)15/h4-7,11,16H,3,8H2,1-2H3. The van der Waals surface area contributed by atoms with Gasteiger partial charge in [0, 0.05) is 7.11 Å². The van der Waals surface area contributed by atoms with E-state index in [9.17, 15) is 13.2 Å². The lowest BCUT2D eigenvalue weighted by molar-refractivity contribution is -0.274. The van der Waals surface area contributed by atoms with Crippen molar-refractivity contribution < 1.29 is 22.6 Å². The summed E-state index contributed by atoms with van der Waals surface area (Å²) in [6.07, 6.45) is -4.66. The summed E-state index contributed by atoms with van der Waals surface area (Å²) in [7, 11) is 1.57. The minimum absolute atomic E-state index is 0.0417. The molecule has 3 nitrogen and oxygen atoms in total. The van der Waals surface area contributed by atoms with E-state index in [1.807, 2.05) is 6.92 Å². The molecule has 0 aliphatic rings. The van der Waals surface area contributed by atoms with E-state index >= 15 is 0 Å². The van der Waals surface area contributed by atoms with Crippen LogP contribution in [0, 0.1) is 0 Å². The molecule has 18 heavy (non-hydrogen) atoms. The monoisotopic (exact) mass is 263 g/mol. The van der Waals surface area contributed by atoms with Gasteiger partial charge in [-0.05, 0) is 24.2 Å². The van der Waals surface area contributed by atoms with Crippen LogP contribution in [0.4, 0.5) is 13.2 Å². The fourth-order valence-corrected chi connectivity index (χ4v) is 1.59. The molecule has 0 radical (unpaired) electrons. The molecule has 0 amide bonds. The largest absolute Gasteiger partial charge is 0.573 e. The van der Waals surface area contributed by atoms with Crippen molar-refractivity contribution in [1.29, 1.82) is 0 Å². The Labute approximate surface area is 104 Å². The maximum atomic E-state index is 12.0. The van der Waals surface area contributed by atoms with Crippen molar-refractivity contribution >= 4 is 0 Å². The van der Waals surface area contributed by atoms with Crippen LogP contribution in [0.15, 0.2) is 24.3 Å². The Bertz CT molecular complexity index is 345. The molecular formula is C12H16F3NO2. The lowest BCUT2D eigenvalue weighted by atomic mass is 10.1. The average Bonchev–Trinajstić information content (AvgIpc) is 2.28. The van der Waals surface area contributed by atoms with Crippen LogP contribution >= 0.6 is 0 Å². The van der Waals surface area contributed by atoms with Crippen LogP contribution in [0.25, 0.3) is 0 Å². The van der Waals surface area contributed by atoms with Crippen molar-refractivity contribution in [3.63, 3.8) is 0 Å². The average molecular weight is 263 g/mol. The van der Waals surface area contributed by atoms with E-state index in [4.69, 9.17) is 4.74 Å². The fourth-order valence-electron chi connectivity index (χ4n) is 1.59. The Morgan fingerprint density at radius 2 is 1.83 bits per heavy atom. The highest BCUT2D eigenvalue weighted by Gasteiger charge is 2.31. The number of alkyl halides is 3. The smallest absolute Gasteiger partial charge is 0.406 e. The summed E-state index contributed by atoms with van der Waals surface area (Å²) in [4.78, 5) is 0. The third kappa shape index (κ3) is 4.93. The van der Waals surface area contributed by atoms with Gasteiger partial charge in [0.25, 0.3) is 0 Å². The van der Waals surface area contributed by atoms with Crippen LogP contribution in [0.1, 0.15) is 18.5 Å². The normalized spacial score (nSPS) is 13.4. The van der Waals surface area contributed by atoms with E-state index < -0.39 is 6.36 Å². The molecular weight excluding hydrogens is 247 g/mol. The molecule has 0 fully saturated rings. The van der Waals surface area contributed by atoms with E-state index in [1.54, 1.807) is 19.2 Å². The molecule has 0 saturated carbocycles. The number of nitrogens with one attached hydrogen (secondary N) is 1. The summed E-state index contributed by atoms with van der Waals surface area (Å²) >= 11 is 0. The van der Waals surface area contributed by atoms with Gasteiger partial charge in [0.2, 0.25) is 0 Å². The molecule has 0 bridgehead atoms. The molecule has 0 aliphatic carbocycles. The second kappa shape index (κ2) is 6.61. The molecule has 0 spiro atoms. The molecule has 1 atom stereocenters. The third-order valence-corrected chi connectivity index (χ3v) is 2.30. The zero-order valence-electron chi connectivity index (χ0n) is 10.3. The van der Waals surface area contributed by atoms with E-state index in [1.165, 1.54) is 12.1 Å². The van der Waals surface area contributed by atoms with Gasteiger partial charge < -0.3 is 14.8 Å². The molecule has 6 heteroatoms. The van der Waals surface area contributed by atoms with E-state index in [0.29, 0.717) is 6.61 Å². The molecule has 0 saturated heterocycles. The van der Waals surface area contributed by atoms with Crippen molar-refractivity contribution in [2.45, 2.75) is 19.3 Å². The quantitative estimate of drug-likeness (QED) is 0.856. The number of halogens is 3. The summed E-state index contributed by atoms with van der Waals surface area (Å²) in [6.45, 7) is 3.14. The van der Waals surface area contributed by atoms with Gasteiger partial charge in [0.05, 0.1) is 12.6 Å². The van der Waals surface area contributed by atoms with Crippen molar-refractivity contribution in [3.05, 3.63) is 29.8 Å². The number of hydrogen-bond acceptors (Lipinski definition) is 3. The van der Waals surface area contributed by atoms with Gasteiger partial charge >= 0.3 is 6.36 Å². The van der Waals surface area contributed by atoms with Crippen molar-refractivity contribution in [2.24, 2.45) is 0 Å². The number of likely N-dealkylation sites (N-methyl/N-ethyl adjacent to an activating group) is 1. The highest BCUT2D eigenvalue weighted by atomic mass is 19.4. The van der Waals surface area contributed by atoms with E-state index in [2.05, 4.69) is 10.1 Å². The molecule has 102 valence electrons. The molecule has 0 aliphatic heterocycles. The van der Waals surface area contributed by atoms with Crippen LogP contribution in [0.3, 0.4) is 0 Å². The van der Waals surface area contributed by atoms with E-state index in [0.717, 1.165) is 12.1 Å². The van der Waals surface area contributed by atoms with E-state index in [-0.39, 0.29) is 11.8 Å². The second-order valence-corrected chi connectivity index (χ2v) is 3.68. The Morgan fingerprint density at radius 3 is 2.28 bits per heavy atom. The summed E-state index contributed by atoms with van der Waals surface area (Å²) in [5, 5.41) is 3.18. The maximum Gasteiger partial charge on any atom is 0.573 e. The highest BCUT2D eigenvalue weighted by Crippen LogP contribution is 2.24. The predicted octanol–water partition coefficient (Wildman–Crippen LogP) is 2.88. The van der Waals surface area contributed by atoms with Gasteiger partial charge in [0.1, 0.15) is 5.75 Å². The fraction of sp³-hybridized carbons (Fsp3) is 0.500. The molecule has 1 unspecified atom stereocenters. The van der Waals surface area contributed by atoms with Gasteiger partial charge in [-0.25, -0.2) is 0 Å². The summed E-state index contributed by atoms with van der Waals surface area (Å²) in [6, 6.07) is 5.73. The molecule has 1 N–H and O–H groups in total. The summed E-state index contributed by atoms with van der Waals surface area (Å²) in [5.74, 6) is -0.223. The van der Waals surface area contributed by atoms with Gasteiger partial charge in [-0.2, -0.15) is 0 Å². The second-order valence-electron chi connectivity index (χ2n) is 3.68. The first-order valence-corrected chi connectivity index (χ1v) is 5.54. The number of methoxy groups -OCH3 is 1. The number of rotatable bonds is 6. The van der Waals surface area contributed by atoms with Gasteiger partial charge in [-0.3, -0.25) is 0 Å². The first-order valence-electron chi connectivity index (χ1n) is 5.54. The number of hydrogen-bond donors (Lipinski definition) is 1. The number of ether oxygens (including phenoxy) is 2. The SMILES string of the molecule is CCNC(COC)c1ccc(OC(F)(F)F)cc1. The molecule has 0 aromatic heterocycles. The zero-order valence-corrected chi connectivity index (χ0v) is 10.3. The van der Waals surface area contributed by atoms with Gasteiger partial charge in [-0.15, -0.1) is 13.2 Å². The summed E-state index contributed by atoms with van der Waals surface area (Å²) in [5.41, 5.74) is 0.855. The van der Waals surface area contributed by atoms with Crippen molar-refractivity contribution in [2.75, 3.05) is 20.3 Å². The Hall–Kier alpha value is -1.27. The topological polar surface area (TPSA) is 30.5 Å². The molecule has 0 heterocycles. The van der Waals surface area contributed by atoms with Crippen LogP contribution in [-0.2, 0) is 4.74 Å². The number of benzene rings is 1. The maximum absolute atomic E-state index is 12.0. The highest BCUT2D eigenvalue weighted by molar-refractivity contribution is 5.29. The van der Waals surface area contributed by atoms with Gasteiger partial charge in [0.15, 0.2) is 0 Å². The minimum atomic E-state index is -4.66. The van der Waals surface area contributed by atoms with Crippen LogP contribution in [0.5, 0.6) is 5.75 Å². The predicted molar refractivity (Wildman–Crippen MR) is 61.4 cm³/mol. The third-order valence-electron chi connectivity index (χ3n) is 2.30. The first kappa shape index (κ1) is 14.8. The molecule has 1 rings (SSSR count). The Morgan fingerprint density at radius 1 is 1.22 bits per heavy atom. The van der Waals surface area contributed by atoms with Crippen molar-refractivity contribution in [3.8, 4) is 5.75 Å². The van der Waals surface area contributed by atoms with Crippen LogP contribution in [-0.4, -0.2) is 26.6 Å². The van der Waals surface area contributed by atoms with Crippen LogP contribution in [0.2, 0.25) is 0 Å². The van der Waals surface area contributed by atoms with Crippen molar-refractivity contribution in [1.82, 2.24) is 5.32 Å². The first-order chi connectivity index (χ1) is 8.46. The Balaban J connectivity index is 2.73. The molecule has 1 aromatic carbocycles. The molecule has 1 aromatic rings. The van der Waals surface area contributed by atoms with Gasteiger partial charge in [-0.1, -0.05) is 19.1 Å². The van der Waals surface area contributed by atoms with Crippen LogP contribution < -0.4 is 10.1 Å². The lowest BCUT2D eigenvalue weighted by Gasteiger charge is -2.18. The lowest BCUT2D eigenvalue weighted by Crippen LogP contribution is -2.24.